The lowest BCUT2D eigenvalue weighted by Gasteiger charge is -2.22. The predicted octanol–water partition coefficient (Wildman–Crippen LogP) is 2.82. The first-order valence-electron chi connectivity index (χ1n) is 6.39. The molecule has 1 N–H and O–H groups in total. The maximum atomic E-state index is 12.1. The van der Waals surface area contributed by atoms with Crippen LogP contribution in [0.4, 0.5) is 5.69 Å². The lowest BCUT2D eigenvalue weighted by molar-refractivity contribution is 0.337. The fraction of sp³-hybridized carbons (Fsp3) is 0.538. The van der Waals surface area contributed by atoms with Crippen molar-refractivity contribution in [3.8, 4) is 5.75 Å². The van der Waals surface area contributed by atoms with Crippen LogP contribution in [0.2, 0.25) is 0 Å². The lowest BCUT2D eigenvalue weighted by Crippen LogP contribution is -2.37. The van der Waals surface area contributed by atoms with Crippen molar-refractivity contribution < 1.29 is 13.2 Å². The van der Waals surface area contributed by atoms with E-state index in [2.05, 4.69) is 4.72 Å². The molecule has 0 aromatic heterocycles. The molecule has 7 heteroatoms. The quantitative estimate of drug-likeness (QED) is 0.786. The number of hydrogen-bond donors (Lipinski definition) is 1. The monoisotopic (exact) mass is 320 g/mol. The highest BCUT2D eigenvalue weighted by Crippen LogP contribution is 2.25. The molecule has 0 heterocycles. The molecule has 0 spiro atoms. The second kappa shape index (κ2) is 7.15. The summed E-state index contributed by atoms with van der Waals surface area (Å²) in [6, 6.07) is 4.94. The smallest absolute Gasteiger partial charge is 0.301 e. The zero-order valence-corrected chi connectivity index (χ0v) is 13.8. The molecule has 114 valence electrons. The maximum Gasteiger partial charge on any atom is 0.301 e. The molecule has 0 fully saturated rings. The number of anilines is 1. The van der Waals surface area contributed by atoms with Gasteiger partial charge < -0.3 is 4.74 Å². The minimum atomic E-state index is -3.56. The van der Waals surface area contributed by atoms with Gasteiger partial charge in [0.25, 0.3) is 0 Å². The van der Waals surface area contributed by atoms with Crippen LogP contribution in [0.5, 0.6) is 5.75 Å². The Morgan fingerprint density at radius 2 is 2.05 bits per heavy atom. The van der Waals surface area contributed by atoms with Crippen molar-refractivity contribution in [3.05, 3.63) is 23.8 Å². The lowest BCUT2D eigenvalue weighted by atomic mass is 10.2. The summed E-state index contributed by atoms with van der Waals surface area (Å²) in [5.74, 6) is 0.924. The molecular weight excluding hydrogens is 300 g/mol. The average Bonchev–Trinajstić information content (AvgIpc) is 2.39. The summed E-state index contributed by atoms with van der Waals surface area (Å²) < 4.78 is 33.4. The van der Waals surface area contributed by atoms with Gasteiger partial charge in [0.2, 0.25) is 0 Å². The molecule has 0 saturated carbocycles. The molecule has 1 aromatic rings. The first kappa shape index (κ1) is 17.1. The number of hydrogen-bond acceptors (Lipinski definition) is 3. The van der Waals surface area contributed by atoms with Crippen LogP contribution in [0.15, 0.2) is 18.2 Å². The van der Waals surface area contributed by atoms with E-state index in [-0.39, 0.29) is 11.9 Å². The zero-order chi connectivity index (χ0) is 15.3. The molecular formula is C13H21ClN2O3S. The van der Waals surface area contributed by atoms with E-state index in [1.807, 2.05) is 20.8 Å². The summed E-state index contributed by atoms with van der Waals surface area (Å²) in [6.45, 7) is 6.03. The van der Waals surface area contributed by atoms with E-state index in [0.717, 1.165) is 5.56 Å². The van der Waals surface area contributed by atoms with Crippen LogP contribution >= 0.6 is 11.6 Å². The van der Waals surface area contributed by atoms with Crippen LogP contribution in [0, 0.1) is 0 Å². The van der Waals surface area contributed by atoms with Crippen molar-refractivity contribution in [1.29, 1.82) is 0 Å². The number of alkyl halides is 1. The van der Waals surface area contributed by atoms with Crippen LogP contribution in [-0.4, -0.2) is 32.4 Å². The molecule has 5 nitrogen and oxygen atoms in total. The van der Waals surface area contributed by atoms with Crippen molar-refractivity contribution in [2.24, 2.45) is 0 Å². The molecule has 0 radical (unpaired) electrons. The molecule has 0 atom stereocenters. The van der Waals surface area contributed by atoms with Gasteiger partial charge in [-0.15, -0.1) is 11.6 Å². The zero-order valence-electron chi connectivity index (χ0n) is 12.2. The number of ether oxygens (including phenoxy) is 1. The number of nitrogens with one attached hydrogen (secondary N) is 1. The molecule has 0 aliphatic heterocycles. The van der Waals surface area contributed by atoms with E-state index in [1.54, 1.807) is 18.2 Å². The second-order valence-electron chi connectivity index (χ2n) is 4.61. The molecule has 0 amide bonds. The van der Waals surface area contributed by atoms with Crippen LogP contribution in [0.25, 0.3) is 0 Å². The molecule has 0 bridgehead atoms. The first-order chi connectivity index (χ1) is 9.31. The van der Waals surface area contributed by atoms with Crippen molar-refractivity contribution in [2.75, 3.05) is 18.4 Å². The van der Waals surface area contributed by atoms with E-state index in [9.17, 15) is 8.42 Å². The van der Waals surface area contributed by atoms with Crippen LogP contribution in [0.1, 0.15) is 26.3 Å². The maximum absolute atomic E-state index is 12.1. The third-order valence-corrected chi connectivity index (χ3v) is 4.82. The van der Waals surface area contributed by atoms with Gasteiger partial charge in [0.1, 0.15) is 5.75 Å². The molecule has 1 aromatic carbocycles. The van der Waals surface area contributed by atoms with E-state index in [4.69, 9.17) is 16.3 Å². The Bertz CT molecular complexity index is 547. The van der Waals surface area contributed by atoms with Crippen LogP contribution < -0.4 is 9.46 Å². The van der Waals surface area contributed by atoms with E-state index in [1.165, 1.54) is 11.4 Å². The largest absolute Gasteiger partial charge is 0.494 e. The Morgan fingerprint density at radius 1 is 1.40 bits per heavy atom. The fourth-order valence-electron chi connectivity index (χ4n) is 1.54. The normalized spacial score (nSPS) is 11.9. The molecule has 0 aliphatic rings. The van der Waals surface area contributed by atoms with Crippen LogP contribution in [0.3, 0.4) is 0 Å². The van der Waals surface area contributed by atoms with Crippen molar-refractivity contribution >= 4 is 27.5 Å². The Morgan fingerprint density at radius 3 is 2.55 bits per heavy atom. The van der Waals surface area contributed by atoms with Crippen molar-refractivity contribution in [1.82, 2.24) is 4.31 Å². The average molecular weight is 321 g/mol. The van der Waals surface area contributed by atoms with Gasteiger partial charge in [-0.3, -0.25) is 4.72 Å². The van der Waals surface area contributed by atoms with Crippen molar-refractivity contribution in [2.45, 2.75) is 32.7 Å². The van der Waals surface area contributed by atoms with Gasteiger partial charge in [-0.1, -0.05) is 0 Å². The van der Waals surface area contributed by atoms with Gasteiger partial charge in [-0.05, 0) is 39.0 Å². The molecule has 20 heavy (non-hydrogen) atoms. The van der Waals surface area contributed by atoms with E-state index in [0.29, 0.717) is 18.0 Å². The van der Waals surface area contributed by atoms with Gasteiger partial charge in [0, 0.05) is 18.7 Å². The number of rotatable bonds is 7. The minimum Gasteiger partial charge on any atom is -0.494 e. The number of nitrogens with zero attached hydrogens (tertiary/aromatic N) is 1. The topological polar surface area (TPSA) is 58.6 Å². The Kier molecular flexibility index (Phi) is 6.10. The summed E-state index contributed by atoms with van der Waals surface area (Å²) in [6.07, 6.45) is 0. The van der Waals surface area contributed by atoms with Gasteiger partial charge in [-0.25, -0.2) is 0 Å². The summed E-state index contributed by atoms with van der Waals surface area (Å²) in [7, 11) is -2.03. The van der Waals surface area contributed by atoms with Crippen molar-refractivity contribution in [3.63, 3.8) is 0 Å². The predicted molar refractivity (Wildman–Crippen MR) is 82.6 cm³/mol. The minimum absolute atomic E-state index is 0.123. The van der Waals surface area contributed by atoms with Gasteiger partial charge >= 0.3 is 10.2 Å². The third kappa shape index (κ3) is 4.26. The standard InChI is InChI=1S/C13H21ClN2O3S/c1-5-19-13-7-6-12(8-11(13)9-14)15-20(17,18)16(4)10(2)3/h6-8,10,15H,5,9H2,1-4H3. The van der Waals surface area contributed by atoms with Gasteiger partial charge in [-0.2, -0.15) is 12.7 Å². The third-order valence-electron chi connectivity index (χ3n) is 2.86. The second-order valence-corrected chi connectivity index (χ2v) is 6.60. The van der Waals surface area contributed by atoms with Crippen LogP contribution in [-0.2, 0) is 16.1 Å². The van der Waals surface area contributed by atoms with E-state index < -0.39 is 10.2 Å². The summed E-state index contributed by atoms with van der Waals surface area (Å²) in [4.78, 5) is 0. The Balaban J connectivity index is 2.99. The molecule has 1 rings (SSSR count). The molecule has 0 unspecified atom stereocenters. The van der Waals surface area contributed by atoms with Gasteiger partial charge in [0.15, 0.2) is 0 Å². The SMILES string of the molecule is CCOc1ccc(NS(=O)(=O)N(C)C(C)C)cc1CCl. The molecule has 0 saturated heterocycles. The highest BCUT2D eigenvalue weighted by Gasteiger charge is 2.20. The summed E-state index contributed by atoms with van der Waals surface area (Å²) in [5, 5.41) is 0. The van der Waals surface area contributed by atoms with E-state index >= 15 is 0 Å². The first-order valence-corrected chi connectivity index (χ1v) is 8.36. The fourth-order valence-corrected chi connectivity index (χ4v) is 2.87. The summed E-state index contributed by atoms with van der Waals surface area (Å²) >= 11 is 5.86. The highest BCUT2D eigenvalue weighted by molar-refractivity contribution is 7.90. The Hall–Kier alpha value is -0.980. The Labute approximate surface area is 126 Å². The van der Waals surface area contributed by atoms with Gasteiger partial charge in [0.05, 0.1) is 18.2 Å². The number of benzene rings is 1. The highest BCUT2D eigenvalue weighted by atomic mass is 35.5. The molecule has 0 aliphatic carbocycles. The number of halogens is 1. The summed E-state index contributed by atoms with van der Waals surface area (Å²) in [5.41, 5.74) is 1.22.